The summed E-state index contributed by atoms with van der Waals surface area (Å²) in [7, 11) is 0. The molecule has 0 aliphatic carbocycles. The number of ether oxygens (including phenoxy) is 6. The van der Waals surface area contributed by atoms with E-state index in [0.29, 0.717) is 6.42 Å². The summed E-state index contributed by atoms with van der Waals surface area (Å²) >= 11 is 0. The topological polar surface area (TPSA) is 124 Å². The number of carbonyl (C=O) groups excluding carboxylic acids is 4. The fraction of sp³-hybridized carbons (Fsp3) is 0.778. The van der Waals surface area contributed by atoms with Crippen molar-refractivity contribution in [1.82, 2.24) is 0 Å². The Morgan fingerprint density at radius 2 is 1.32 bits per heavy atom. The van der Waals surface area contributed by atoms with E-state index in [9.17, 15) is 19.2 Å². The maximum Gasteiger partial charge on any atom is 0.303 e. The van der Waals surface area contributed by atoms with E-state index in [1.165, 1.54) is 13.8 Å². The van der Waals surface area contributed by atoms with Crippen LogP contribution in [0.2, 0.25) is 0 Å². The molecular weight excluding hydrogens is 376 g/mol. The molecule has 1 saturated heterocycles. The van der Waals surface area contributed by atoms with Crippen LogP contribution in [-0.2, 0) is 47.6 Å². The smallest absolute Gasteiger partial charge is 0.303 e. The van der Waals surface area contributed by atoms with Crippen molar-refractivity contribution < 1.29 is 47.6 Å². The monoisotopic (exact) mass is 404 g/mol. The number of hydrogen-bond donors (Lipinski definition) is 0. The second-order valence-electron chi connectivity index (χ2n) is 6.42. The van der Waals surface area contributed by atoms with Crippen LogP contribution in [-0.4, -0.2) is 67.3 Å². The highest BCUT2D eigenvalue weighted by Gasteiger charge is 2.53. The molecule has 1 unspecified atom stereocenters. The summed E-state index contributed by atoms with van der Waals surface area (Å²) in [5.41, 5.74) is 0. The fourth-order valence-electron chi connectivity index (χ4n) is 2.62. The maximum absolute atomic E-state index is 11.7. The maximum atomic E-state index is 11.7. The van der Waals surface area contributed by atoms with Gasteiger partial charge in [-0.1, -0.05) is 6.92 Å². The fourth-order valence-corrected chi connectivity index (χ4v) is 2.62. The number of carbonyl (C=O) groups is 4. The van der Waals surface area contributed by atoms with Crippen molar-refractivity contribution in [3.63, 3.8) is 0 Å². The van der Waals surface area contributed by atoms with E-state index in [4.69, 9.17) is 28.4 Å². The zero-order chi connectivity index (χ0) is 21.4. The Labute approximate surface area is 163 Å². The normalized spacial score (nSPS) is 28.0. The van der Waals surface area contributed by atoms with Crippen LogP contribution in [0.15, 0.2) is 0 Å². The summed E-state index contributed by atoms with van der Waals surface area (Å²) in [6.45, 7) is 8.11. The Morgan fingerprint density at radius 3 is 1.79 bits per heavy atom. The first-order chi connectivity index (χ1) is 13.0. The highest BCUT2D eigenvalue weighted by molar-refractivity contribution is 5.68. The lowest BCUT2D eigenvalue weighted by molar-refractivity contribution is -0.315. The van der Waals surface area contributed by atoms with E-state index >= 15 is 0 Å². The summed E-state index contributed by atoms with van der Waals surface area (Å²) in [5, 5.41) is 0. The van der Waals surface area contributed by atoms with Crippen LogP contribution in [0.5, 0.6) is 0 Å². The molecule has 1 heterocycles. The van der Waals surface area contributed by atoms with Gasteiger partial charge in [-0.3, -0.25) is 19.2 Å². The zero-order valence-corrected chi connectivity index (χ0v) is 17.0. The molecule has 28 heavy (non-hydrogen) atoms. The molecule has 6 atom stereocenters. The first-order valence-electron chi connectivity index (χ1n) is 9.01. The number of hydrogen-bond acceptors (Lipinski definition) is 10. The molecule has 0 radical (unpaired) electrons. The van der Waals surface area contributed by atoms with Gasteiger partial charge in [-0.05, 0) is 13.3 Å². The minimum Gasteiger partial charge on any atom is -0.463 e. The Balaban J connectivity index is 3.28. The van der Waals surface area contributed by atoms with Crippen LogP contribution in [0.3, 0.4) is 0 Å². The van der Waals surface area contributed by atoms with Crippen LogP contribution in [0.25, 0.3) is 0 Å². The third-order valence-corrected chi connectivity index (χ3v) is 3.89. The molecule has 160 valence electrons. The van der Waals surface area contributed by atoms with Crippen molar-refractivity contribution in [3.8, 4) is 0 Å². The molecule has 0 saturated carbocycles. The summed E-state index contributed by atoms with van der Waals surface area (Å²) in [5.74, 6) is -2.60. The third-order valence-electron chi connectivity index (χ3n) is 3.89. The Hall–Kier alpha value is -2.20. The summed E-state index contributed by atoms with van der Waals surface area (Å²) in [6.07, 6.45) is -5.36. The molecule has 0 aromatic rings. The van der Waals surface area contributed by atoms with Crippen molar-refractivity contribution in [2.24, 2.45) is 0 Å². The van der Waals surface area contributed by atoms with Crippen molar-refractivity contribution in [2.75, 3.05) is 6.61 Å². The van der Waals surface area contributed by atoms with Crippen molar-refractivity contribution in [3.05, 3.63) is 0 Å². The van der Waals surface area contributed by atoms with Crippen LogP contribution < -0.4 is 0 Å². The van der Waals surface area contributed by atoms with Gasteiger partial charge in [0.2, 0.25) is 0 Å². The summed E-state index contributed by atoms with van der Waals surface area (Å²) < 4.78 is 32.4. The molecule has 1 rings (SSSR count). The van der Waals surface area contributed by atoms with Gasteiger partial charge < -0.3 is 28.4 Å². The first-order valence-corrected chi connectivity index (χ1v) is 9.01. The molecule has 0 spiro atoms. The van der Waals surface area contributed by atoms with Gasteiger partial charge in [0.1, 0.15) is 12.7 Å². The predicted molar refractivity (Wildman–Crippen MR) is 92.8 cm³/mol. The van der Waals surface area contributed by atoms with Crippen LogP contribution >= 0.6 is 0 Å². The lowest BCUT2D eigenvalue weighted by atomic mass is 9.98. The number of esters is 4. The Bertz CT molecular complexity index is 575. The molecule has 10 nitrogen and oxygen atoms in total. The highest BCUT2D eigenvalue weighted by Crippen LogP contribution is 2.30. The SMILES string of the molecule is CCC(C)O[C@@H]1O[C@H](COC(C)=O)[C@H](OC(C)=O)[C@H](OC(C)=O)[C@H]1OC(C)=O. The lowest BCUT2D eigenvalue weighted by Crippen LogP contribution is -2.63. The van der Waals surface area contributed by atoms with Gasteiger partial charge in [-0.25, -0.2) is 0 Å². The van der Waals surface area contributed by atoms with Crippen LogP contribution in [0.1, 0.15) is 48.0 Å². The zero-order valence-electron chi connectivity index (χ0n) is 17.0. The molecule has 1 aliphatic heterocycles. The van der Waals surface area contributed by atoms with E-state index < -0.39 is 54.6 Å². The van der Waals surface area contributed by atoms with Gasteiger partial charge in [0.15, 0.2) is 24.6 Å². The molecule has 0 bridgehead atoms. The van der Waals surface area contributed by atoms with E-state index in [1.54, 1.807) is 6.92 Å². The molecule has 0 amide bonds. The van der Waals surface area contributed by atoms with Crippen molar-refractivity contribution in [1.29, 1.82) is 0 Å². The van der Waals surface area contributed by atoms with E-state index in [-0.39, 0.29) is 12.7 Å². The lowest BCUT2D eigenvalue weighted by Gasteiger charge is -2.44. The second-order valence-corrected chi connectivity index (χ2v) is 6.42. The minimum absolute atomic E-state index is 0.277. The first kappa shape index (κ1) is 23.8. The van der Waals surface area contributed by atoms with Crippen LogP contribution in [0.4, 0.5) is 0 Å². The van der Waals surface area contributed by atoms with E-state index in [1.807, 2.05) is 6.92 Å². The molecular formula is C18H28O10. The van der Waals surface area contributed by atoms with Gasteiger partial charge in [0, 0.05) is 27.7 Å². The average Bonchev–Trinajstić information content (AvgIpc) is 2.57. The van der Waals surface area contributed by atoms with Crippen molar-refractivity contribution >= 4 is 23.9 Å². The highest BCUT2D eigenvalue weighted by atomic mass is 16.7. The number of rotatable bonds is 8. The molecule has 1 fully saturated rings. The van der Waals surface area contributed by atoms with E-state index in [0.717, 1.165) is 13.8 Å². The molecule has 0 N–H and O–H groups in total. The molecule has 0 aromatic heterocycles. The quantitative estimate of drug-likeness (QED) is 0.425. The largest absolute Gasteiger partial charge is 0.463 e. The van der Waals surface area contributed by atoms with Gasteiger partial charge in [0.05, 0.1) is 6.10 Å². The summed E-state index contributed by atoms with van der Waals surface area (Å²) in [6, 6.07) is 0. The van der Waals surface area contributed by atoms with Crippen LogP contribution in [0, 0.1) is 0 Å². The Kier molecular flexibility index (Phi) is 9.33. The average molecular weight is 404 g/mol. The van der Waals surface area contributed by atoms with Gasteiger partial charge in [0.25, 0.3) is 0 Å². The van der Waals surface area contributed by atoms with Gasteiger partial charge in [-0.2, -0.15) is 0 Å². The second kappa shape index (κ2) is 11.0. The molecule has 10 heteroatoms. The molecule has 0 aromatic carbocycles. The Morgan fingerprint density at radius 1 is 0.821 bits per heavy atom. The predicted octanol–water partition coefficient (Wildman–Crippen LogP) is 0.885. The van der Waals surface area contributed by atoms with E-state index in [2.05, 4.69) is 0 Å². The standard InChI is InChI=1S/C18H28O10/c1-7-9(2)24-18-17(27-13(6)22)16(26-12(5)21)15(25-11(4)20)14(28-18)8-23-10(3)19/h9,14-18H,7-8H2,1-6H3/t9?,14-,15+,16+,17-,18-/m1/s1. The summed E-state index contributed by atoms with van der Waals surface area (Å²) in [4.78, 5) is 46.1. The molecule has 1 aliphatic rings. The third kappa shape index (κ3) is 7.43. The van der Waals surface area contributed by atoms with Crippen molar-refractivity contribution in [2.45, 2.75) is 84.8 Å². The van der Waals surface area contributed by atoms with Gasteiger partial charge >= 0.3 is 23.9 Å². The van der Waals surface area contributed by atoms with Gasteiger partial charge in [-0.15, -0.1) is 0 Å². The minimum atomic E-state index is -1.21.